The molecule has 0 bridgehead atoms. The smallest absolute Gasteiger partial charge is 0.341 e. The number of aromatic nitrogens is 1. The lowest BCUT2D eigenvalue weighted by Crippen LogP contribution is -2.41. The van der Waals surface area contributed by atoms with Gasteiger partial charge in [0.25, 0.3) is 0 Å². The quantitative estimate of drug-likeness (QED) is 0.862. The standard InChI is InChI=1S/C14H21N3O2S/c1-4-19-14(18)12-5-11(15)6-16-13(12)17-7-9(2)20-10(3)8-17/h5-6,9-10H,4,7-8,15H2,1-3H3. The first-order chi connectivity index (χ1) is 9.51. The number of hydrogen-bond donors (Lipinski definition) is 1. The van der Waals surface area contributed by atoms with Crippen molar-refractivity contribution in [3.05, 3.63) is 17.8 Å². The molecule has 20 heavy (non-hydrogen) atoms. The maximum Gasteiger partial charge on any atom is 0.341 e. The molecule has 2 atom stereocenters. The Bertz CT molecular complexity index is 485. The Hall–Kier alpha value is -1.43. The molecule has 1 aliphatic heterocycles. The number of nitrogen functional groups attached to an aromatic ring is 1. The Kier molecular flexibility index (Phi) is 4.75. The molecule has 0 spiro atoms. The molecular formula is C14H21N3O2S. The van der Waals surface area contributed by atoms with E-state index in [1.54, 1.807) is 19.2 Å². The van der Waals surface area contributed by atoms with E-state index in [9.17, 15) is 4.79 Å². The molecule has 0 radical (unpaired) electrons. The highest BCUT2D eigenvalue weighted by molar-refractivity contribution is 8.00. The Morgan fingerprint density at radius 3 is 2.75 bits per heavy atom. The number of hydrogen-bond acceptors (Lipinski definition) is 6. The first-order valence-electron chi connectivity index (χ1n) is 6.84. The summed E-state index contributed by atoms with van der Waals surface area (Å²) in [6.07, 6.45) is 1.59. The Balaban J connectivity index is 2.32. The molecule has 1 fully saturated rings. The molecule has 0 amide bonds. The van der Waals surface area contributed by atoms with E-state index in [1.807, 2.05) is 11.8 Å². The van der Waals surface area contributed by atoms with Crippen LogP contribution in [0.25, 0.3) is 0 Å². The molecule has 6 heteroatoms. The summed E-state index contributed by atoms with van der Waals surface area (Å²) < 4.78 is 5.10. The fourth-order valence-electron chi connectivity index (χ4n) is 2.44. The number of ether oxygens (including phenoxy) is 1. The zero-order chi connectivity index (χ0) is 14.7. The maximum absolute atomic E-state index is 12.1. The molecule has 2 N–H and O–H groups in total. The van der Waals surface area contributed by atoms with E-state index < -0.39 is 0 Å². The van der Waals surface area contributed by atoms with Crippen LogP contribution < -0.4 is 10.6 Å². The molecule has 1 aromatic rings. The molecular weight excluding hydrogens is 274 g/mol. The number of carbonyl (C=O) groups excluding carboxylic acids is 1. The van der Waals surface area contributed by atoms with Crippen LogP contribution in [0.4, 0.5) is 11.5 Å². The maximum atomic E-state index is 12.1. The van der Waals surface area contributed by atoms with Gasteiger partial charge in [0.1, 0.15) is 11.4 Å². The lowest BCUT2D eigenvalue weighted by Gasteiger charge is -2.36. The summed E-state index contributed by atoms with van der Waals surface area (Å²) in [6.45, 7) is 8.26. The van der Waals surface area contributed by atoms with Crippen molar-refractivity contribution >= 4 is 29.2 Å². The van der Waals surface area contributed by atoms with Gasteiger partial charge in [0.05, 0.1) is 18.5 Å². The van der Waals surface area contributed by atoms with Gasteiger partial charge in [-0.2, -0.15) is 11.8 Å². The van der Waals surface area contributed by atoms with Gasteiger partial charge in [-0.25, -0.2) is 9.78 Å². The first kappa shape index (κ1) is 15.0. The van der Waals surface area contributed by atoms with Gasteiger partial charge in [0, 0.05) is 23.6 Å². The summed E-state index contributed by atoms with van der Waals surface area (Å²) in [7, 11) is 0. The number of carbonyl (C=O) groups is 1. The summed E-state index contributed by atoms with van der Waals surface area (Å²) >= 11 is 1.96. The van der Waals surface area contributed by atoms with Crippen LogP contribution in [-0.2, 0) is 4.74 Å². The first-order valence-corrected chi connectivity index (χ1v) is 7.78. The average Bonchev–Trinajstić information content (AvgIpc) is 2.37. The minimum Gasteiger partial charge on any atom is -0.462 e. The molecule has 2 unspecified atom stereocenters. The minimum atomic E-state index is -0.360. The summed E-state index contributed by atoms with van der Waals surface area (Å²) in [5.74, 6) is 0.317. The molecule has 5 nitrogen and oxygen atoms in total. The van der Waals surface area contributed by atoms with Crippen molar-refractivity contribution in [1.29, 1.82) is 0 Å². The fraction of sp³-hybridized carbons (Fsp3) is 0.571. The fourth-order valence-corrected chi connectivity index (χ4v) is 3.76. The normalized spacial score (nSPS) is 22.6. The van der Waals surface area contributed by atoms with Crippen molar-refractivity contribution in [3.8, 4) is 0 Å². The average molecular weight is 295 g/mol. The van der Waals surface area contributed by atoms with Gasteiger partial charge in [0.15, 0.2) is 0 Å². The summed E-state index contributed by atoms with van der Waals surface area (Å²) in [4.78, 5) is 18.6. The third-order valence-corrected chi connectivity index (χ3v) is 4.33. The van der Waals surface area contributed by atoms with Crippen LogP contribution >= 0.6 is 11.8 Å². The van der Waals surface area contributed by atoms with Crippen LogP contribution in [0.15, 0.2) is 12.3 Å². The van der Waals surface area contributed by atoms with Crippen LogP contribution in [0.5, 0.6) is 0 Å². The monoisotopic (exact) mass is 295 g/mol. The van der Waals surface area contributed by atoms with E-state index >= 15 is 0 Å². The van der Waals surface area contributed by atoms with Gasteiger partial charge in [-0.3, -0.25) is 0 Å². The lowest BCUT2D eigenvalue weighted by molar-refractivity contribution is 0.0526. The van der Waals surface area contributed by atoms with Crippen LogP contribution in [0.1, 0.15) is 31.1 Å². The van der Waals surface area contributed by atoms with Gasteiger partial charge in [0.2, 0.25) is 0 Å². The van der Waals surface area contributed by atoms with Crippen molar-refractivity contribution in [2.45, 2.75) is 31.3 Å². The van der Waals surface area contributed by atoms with E-state index in [2.05, 4.69) is 23.7 Å². The largest absolute Gasteiger partial charge is 0.462 e. The van der Waals surface area contributed by atoms with Gasteiger partial charge < -0.3 is 15.4 Å². The predicted octanol–water partition coefficient (Wildman–Crippen LogP) is 2.17. The summed E-state index contributed by atoms with van der Waals surface area (Å²) in [5, 5.41) is 1.02. The zero-order valence-corrected chi connectivity index (χ0v) is 12.9. The van der Waals surface area contributed by atoms with E-state index in [-0.39, 0.29) is 5.97 Å². The predicted molar refractivity (Wildman–Crippen MR) is 83.3 cm³/mol. The second kappa shape index (κ2) is 6.35. The highest BCUT2D eigenvalue weighted by Gasteiger charge is 2.27. The molecule has 0 aromatic carbocycles. The number of nitrogens with two attached hydrogens (primary N) is 1. The van der Waals surface area contributed by atoms with Crippen LogP contribution in [0, 0.1) is 0 Å². The topological polar surface area (TPSA) is 68.5 Å². The molecule has 2 rings (SSSR count). The molecule has 110 valence electrons. The molecule has 0 aliphatic carbocycles. The van der Waals surface area contributed by atoms with Crippen molar-refractivity contribution in [2.24, 2.45) is 0 Å². The van der Waals surface area contributed by atoms with Crippen LogP contribution in [0.3, 0.4) is 0 Å². The van der Waals surface area contributed by atoms with E-state index in [4.69, 9.17) is 10.5 Å². The summed E-state index contributed by atoms with van der Waals surface area (Å²) in [5.41, 5.74) is 6.69. The van der Waals surface area contributed by atoms with Crippen molar-refractivity contribution < 1.29 is 9.53 Å². The van der Waals surface area contributed by atoms with E-state index in [0.29, 0.717) is 34.2 Å². The van der Waals surface area contributed by atoms with Crippen molar-refractivity contribution in [1.82, 2.24) is 4.98 Å². The minimum absolute atomic E-state index is 0.343. The number of thioether (sulfide) groups is 1. The third-order valence-electron chi connectivity index (χ3n) is 3.10. The van der Waals surface area contributed by atoms with Gasteiger partial charge in [-0.1, -0.05) is 13.8 Å². The van der Waals surface area contributed by atoms with E-state index in [0.717, 1.165) is 13.1 Å². The highest BCUT2D eigenvalue weighted by Crippen LogP contribution is 2.30. The summed E-state index contributed by atoms with van der Waals surface area (Å²) in [6, 6.07) is 1.65. The van der Waals surface area contributed by atoms with Gasteiger partial charge in [-0.05, 0) is 13.0 Å². The lowest BCUT2D eigenvalue weighted by atomic mass is 10.2. The van der Waals surface area contributed by atoms with E-state index in [1.165, 1.54) is 0 Å². The Labute approximate surface area is 123 Å². The van der Waals surface area contributed by atoms with Gasteiger partial charge in [-0.15, -0.1) is 0 Å². The number of anilines is 2. The molecule has 0 saturated carbocycles. The third kappa shape index (κ3) is 3.36. The number of rotatable bonds is 3. The Morgan fingerprint density at radius 1 is 1.50 bits per heavy atom. The van der Waals surface area contributed by atoms with Crippen molar-refractivity contribution in [2.75, 3.05) is 30.3 Å². The van der Waals surface area contributed by atoms with Crippen molar-refractivity contribution in [3.63, 3.8) is 0 Å². The highest BCUT2D eigenvalue weighted by atomic mass is 32.2. The molecule has 1 saturated heterocycles. The van der Waals surface area contributed by atoms with Crippen LogP contribution in [0.2, 0.25) is 0 Å². The SMILES string of the molecule is CCOC(=O)c1cc(N)cnc1N1CC(C)SC(C)C1. The Morgan fingerprint density at radius 2 is 2.15 bits per heavy atom. The number of nitrogens with zero attached hydrogens (tertiary/aromatic N) is 2. The molecule has 1 aliphatic rings. The number of esters is 1. The molecule has 2 heterocycles. The molecule has 1 aromatic heterocycles. The number of pyridine rings is 1. The second-order valence-electron chi connectivity index (χ2n) is 5.02. The van der Waals surface area contributed by atoms with Gasteiger partial charge >= 0.3 is 5.97 Å². The second-order valence-corrected chi connectivity index (χ2v) is 6.90. The zero-order valence-electron chi connectivity index (χ0n) is 12.1. The van der Waals surface area contributed by atoms with Crippen LogP contribution in [-0.4, -0.2) is 41.1 Å².